The molecule has 1 amide bonds. The maximum atomic E-state index is 13.0. The number of carbonyl (C=O) groups is 1. The third-order valence-electron chi connectivity index (χ3n) is 4.95. The first kappa shape index (κ1) is 18.4. The Kier molecular flexibility index (Phi) is 4.73. The van der Waals surface area contributed by atoms with E-state index < -0.39 is 5.41 Å². The van der Waals surface area contributed by atoms with Crippen LogP contribution in [0.1, 0.15) is 18.5 Å². The summed E-state index contributed by atoms with van der Waals surface area (Å²) in [4.78, 5) is 13.0. The Morgan fingerprint density at radius 2 is 1.96 bits per heavy atom. The number of ether oxygens (including phenoxy) is 2. The lowest BCUT2D eigenvalue weighted by atomic mass is 10.00. The molecule has 0 spiro atoms. The van der Waals surface area contributed by atoms with Gasteiger partial charge in [-0.3, -0.25) is 4.79 Å². The van der Waals surface area contributed by atoms with E-state index in [-0.39, 0.29) is 5.91 Å². The number of hydrogen-bond acceptors (Lipinski definition) is 5. The van der Waals surface area contributed by atoms with Crippen molar-refractivity contribution in [3.63, 3.8) is 0 Å². The molecule has 6 nitrogen and oxygen atoms in total. The number of amides is 1. The van der Waals surface area contributed by atoms with Gasteiger partial charge in [0.25, 0.3) is 0 Å². The maximum Gasteiger partial charge on any atom is 0.236 e. The van der Waals surface area contributed by atoms with Crippen LogP contribution in [0.15, 0.2) is 53.1 Å². The molecule has 4 rings (SSSR count). The maximum absolute atomic E-state index is 13.0. The van der Waals surface area contributed by atoms with E-state index in [4.69, 9.17) is 25.6 Å². The molecule has 0 radical (unpaired) electrons. The molecule has 0 unspecified atom stereocenters. The molecule has 0 atom stereocenters. The monoisotopic (exact) mass is 398 g/mol. The van der Waals surface area contributed by atoms with Gasteiger partial charge in [0.1, 0.15) is 11.5 Å². The molecule has 7 heteroatoms. The van der Waals surface area contributed by atoms with E-state index in [9.17, 15) is 4.79 Å². The highest BCUT2D eigenvalue weighted by atomic mass is 35.5. The lowest BCUT2D eigenvalue weighted by Crippen LogP contribution is -2.28. The smallest absolute Gasteiger partial charge is 0.236 e. The van der Waals surface area contributed by atoms with Crippen LogP contribution in [0.2, 0.25) is 5.02 Å². The number of carbonyl (C=O) groups excluding carboxylic acids is 1. The number of halogens is 1. The van der Waals surface area contributed by atoms with Crippen LogP contribution in [0, 0.1) is 0 Å². The molecule has 1 aromatic heterocycles. The van der Waals surface area contributed by atoms with Crippen LogP contribution in [-0.4, -0.2) is 25.3 Å². The molecule has 0 bridgehead atoms. The van der Waals surface area contributed by atoms with Gasteiger partial charge in [-0.15, -0.1) is 0 Å². The fraction of sp³-hybridized carbons (Fsp3) is 0.238. The second kappa shape index (κ2) is 7.20. The summed E-state index contributed by atoms with van der Waals surface area (Å²) in [7, 11) is 3.16. The molecular weight excluding hydrogens is 380 g/mol. The zero-order valence-corrected chi connectivity index (χ0v) is 16.2. The molecular formula is C21H19ClN2O4. The number of rotatable bonds is 6. The van der Waals surface area contributed by atoms with Gasteiger partial charge in [0, 0.05) is 16.7 Å². The molecule has 0 aliphatic heterocycles. The molecule has 1 saturated carbocycles. The van der Waals surface area contributed by atoms with Crippen LogP contribution in [-0.2, 0) is 10.2 Å². The first-order valence-electron chi connectivity index (χ1n) is 8.82. The van der Waals surface area contributed by atoms with Gasteiger partial charge in [-0.1, -0.05) is 28.9 Å². The van der Waals surface area contributed by atoms with Crippen molar-refractivity contribution in [1.82, 2.24) is 5.16 Å². The standard InChI is InChI=1S/C21H19ClN2O4/c1-26-15-5-3-4-13(10-15)18-12-19(24-28-18)21(8-9-21)20(25)23-16-11-14(22)6-7-17(16)27-2/h3-7,10-12H,8-9H2,1-2H3,(H,23,25). The predicted molar refractivity (Wildman–Crippen MR) is 106 cm³/mol. The molecule has 2 aromatic carbocycles. The Hall–Kier alpha value is -2.99. The first-order chi connectivity index (χ1) is 13.6. The van der Waals surface area contributed by atoms with Crippen molar-refractivity contribution in [3.05, 3.63) is 59.2 Å². The number of hydrogen-bond donors (Lipinski definition) is 1. The van der Waals surface area contributed by atoms with Crippen LogP contribution in [0.4, 0.5) is 5.69 Å². The molecule has 1 aliphatic carbocycles. The van der Waals surface area contributed by atoms with Gasteiger partial charge >= 0.3 is 0 Å². The number of aromatic nitrogens is 1. The Morgan fingerprint density at radius 1 is 1.14 bits per heavy atom. The molecule has 1 heterocycles. The van der Waals surface area contributed by atoms with Crippen LogP contribution >= 0.6 is 11.6 Å². The van der Waals surface area contributed by atoms with Crippen LogP contribution < -0.4 is 14.8 Å². The van der Waals surface area contributed by atoms with Gasteiger partial charge in [0.2, 0.25) is 5.91 Å². The molecule has 1 fully saturated rings. The second-order valence-corrected chi connectivity index (χ2v) is 7.13. The second-order valence-electron chi connectivity index (χ2n) is 6.69. The number of nitrogens with one attached hydrogen (secondary N) is 1. The number of anilines is 1. The summed E-state index contributed by atoms with van der Waals surface area (Å²) in [6.45, 7) is 0. The third-order valence-corrected chi connectivity index (χ3v) is 5.18. The lowest BCUT2D eigenvalue weighted by Gasteiger charge is -2.15. The van der Waals surface area contributed by atoms with Crippen molar-refractivity contribution in [2.24, 2.45) is 0 Å². The van der Waals surface area contributed by atoms with E-state index in [1.807, 2.05) is 30.3 Å². The van der Waals surface area contributed by atoms with Crippen LogP contribution in [0.5, 0.6) is 11.5 Å². The molecule has 144 valence electrons. The SMILES string of the molecule is COc1cccc(-c2cc(C3(C(=O)Nc4cc(Cl)ccc4OC)CC3)no2)c1. The summed E-state index contributed by atoms with van der Waals surface area (Å²) in [5.74, 6) is 1.71. The van der Waals surface area contributed by atoms with Crippen molar-refractivity contribution in [3.8, 4) is 22.8 Å². The minimum absolute atomic E-state index is 0.154. The van der Waals surface area contributed by atoms with Crippen LogP contribution in [0.3, 0.4) is 0 Å². The quantitative estimate of drug-likeness (QED) is 0.652. The van der Waals surface area contributed by atoms with Crippen molar-refractivity contribution < 1.29 is 18.8 Å². The van der Waals surface area contributed by atoms with Crippen molar-refractivity contribution in [1.29, 1.82) is 0 Å². The minimum Gasteiger partial charge on any atom is -0.497 e. The van der Waals surface area contributed by atoms with Gasteiger partial charge in [-0.05, 0) is 43.2 Å². The van der Waals surface area contributed by atoms with E-state index in [2.05, 4.69) is 10.5 Å². The number of benzene rings is 2. The average molecular weight is 399 g/mol. The van der Waals surface area contributed by atoms with Crippen molar-refractivity contribution in [2.45, 2.75) is 18.3 Å². The topological polar surface area (TPSA) is 73.6 Å². The van der Waals surface area contributed by atoms with Gasteiger partial charge < -0.3 is 19.3 Å². The van der Waals surface area contributed by atoms with Gasteiger partial charge in [-0.2, -0.15) is 0 Å². The van der Waals surface area contributed by atoms with E-state index >= 15 is 0 Å². The molecule has 1 aliphatic rings. The summed E-state index contributed by atoms with van der Waals surface area (Å²) >= 11 is 6.06. The normalized spacial score (nSPS) is 14.4. The van der Waals surface area contributed by atoms with Crippen molar-refractivity contribution in [2.75, 3.05) is 19.5 Å². The number of nitrogens with zero attached hydrogens (tertiary/aromatic N) is 1. The zero-order chi connectivity index (χ0) is 19.7. The zero-order valence-electron chi connectivity index (χ0n) is 15.5. The summed E-state index contributed by atoms with van der Waals surface area (Å²) in [5, 5.41) is 7.61. The van der Waals surface area contributed by atoms with Crippen LogP contribution in [0.25, 0.3) is 11.3 Å². The summed E-state index contributed by atoms with van der Waals surface area (Å²) in [6.07, 6.45) is 1.40. The van der Waals surface area contributed by atoms with Gasteiger partial charge in [-0.25, -0.2) is 0 Å². The highest BCUT2D eigenvalue weighted by molar-refractivity contribution is 6.31. The molecule has 28 heavy (non-hydrogen) atoms. The van der Waals surface area contributed by atoms with Crippen molar-refractivity contribution >= 4 is 23.2 Å². The third kappa shape index (κ3) is 3.31. The Labute approximate surface area is 167 Å². The fourth-order valence-corrected chi connectivity index (χ4v) is 3.33. The Bertz CT molecular complexity index is 1030. The Morgan fingerprint density at radius 3 is 2.68 bits per heavy atom. The fourth-order valence-electron chi connectivity index (χ4n) is 3.16. The minimum atomic E-state index is -0.700. The van der Waals surface area contributed by atoms with E-state index in [1.54, 1.807) is 32.4 Å². The van der Waals surface area contributed by atoms with E-state index in [0.717, 1.165) is 11.3 Å². The molecule has 0 saturated heterocycles. The Balaban J connectivity index is 1.59. The summed E-state index contributed by atoms with van der Waals surface area (Å²) < 4.78 is 16.1. The summed E-state index contributed by atoms with van der Waals surface area (Å²) in [6, 6.07) is 14.4. The number of methoxy groups -OCH3 is 2. The molecule has 3 aromatic rings. The first-order valence-corrected chi connectivity index (χ1v) is 9.20. The average Bonchev–Trinajstić information content (AvgIpc) is 3.38. The highest BCUT2D eigenvalue weighted by Gasteiger charge is 2.54. The van der Waals surface area contributed by atoms with Gasteiger partial charge in [0.05, 0.1) is 31.0 Å². The lowest BCUT2D eigenvalue weighted by molar-refractivity contribution is -0.118. The van der Waals surface area contributed by atoms with E-state index in [1.165, 1.54) is 0 Å². The highest BCUT2D eigenvalue weighted by Crippen LogP contribution is 2.49. The predicted octanol–water partition coefficient (Wildman–Crippen LogP) is 4.68. The molecule has 1 N–H and O–H groups in total. The summed E-state index contributed by atoms with van der Waals surface area (Å²) in [5.41, 5.74) is 1.28. The van der Waals surface area contributed by atoms with E-state index in [0.29, 0.717) is 40.8 Å². The van der Waals surface area contributed by atoms with Gasteiger partial charge in [0.15, 0.2) is 5.76 Å². The largest absolute Gasteiger partial charge is 0.497 e.